The number of halogens is 3. The van der Waals surface area contributed by atoms with E-state index in [1.807, 2.05) is 40.6 Å². The Morgan fingerprint density at radius 1 is 1.00 bits per heavy atom. The Bertz CT molecular complexity index is 1690. The van der Waals surface area contributed by atoms with Crippen molar-refractivity contribution in [3.05, 3.63) is 73.2 Å². The Morgan fingerprint density at radius 2 is 1.78 bits per heavy atom. The standard InChI is InChI=1S/C29H31Cl3N6O3/c1-34-25-6-4-19(30)16-26(25)38(28(34)39)20-7-12-35(13-8-20)10-2-11-37-24-9-14-36(29(40)41)17-21(24)27(33-37)18-3-5-22(31)23(32)15-18/h3-6,15-16,20H,2,7-14,17H2,1H3,(H,40,41). The van der Waals surface area contributed by atoms with Crippen LogP contribution in [0.15, 0.2) is 41.2 Å². The molecule has 9 nitrogen and oxygen atoms in total. The topological polar surface area (TPSA) is 88.5 Å². The zero-order chi connectivity index (χ0) is 28.8. The first-order valence-electron chi connectivity index (χ1n) is 13.8. The van der Waals surface area contributed by atoms with Gasteiger partial charge in [0.25, 0.3) is 0 Å². The second-order valence-corrected chi connectivity index (χ2v) is 12.1. The Morgan fingerprint density at radius 3 is 2.51 bits per heavy atom. The second-order valence-electron chi connectivity index (χ2n) is 10.9. The maximum absolute atomic E-state index is 13.0. The van der Waals surface area contributed by atoms with E-state index in [2.05, 4.69) is 4.90 Å². The zero-order valence-corrected chi connectivity index (χ0v) is 25.0. The molecule has 0 bridgehead atoms. The van der Waals surface area contributed by atoms with E-state index in [0.717, 1.165) is 79.0 Å². The molecule has 4 aromatic rings. The number of hydrogen-bond acceptors (Lipinski definition) is 4. The SMILES string of the molecule is Cn1c(=O)n(C2CCN(CCCn3nc(-c4ccc(Cl)c(Cl)c4)c4c3CCN(C(=O)O)C4)CC2)c2cc(Cl)ccc21. The Balaban J connectivity index is 1.13. The maximum atomic E-state index is 13.0. The fourth-order valence-corrected chi connectivity index (χ4v) is 6.72. The Kier molecular flexibility index (Phi) is 7.80. The molecule has 0 spiro atoms. The first-order valence-corrected chi connectivity index (χ1v) is 15.0. The molecule has 2 aliphatic heterocycles. The summed E-state index contributed by atoms with van der Waals surface area (Å²) in [5, 5.41) is 16.1. The number of hydrogen-bond donors (Lipinski definition) is 1. The average Bonchev–Trinajstić information content (AvgIpc) is 3.44. The highest BCUT2D eigenvalue weighted by Crippen LogP contribution is 2.34. The highest BCUT2D eigenvalue weighted by Gasteiger charge is 2.29. The van der Waals surface area contributed by atoms with E-state index in [1.165, 1.54) is 4.90 Å². The lowest BCUT2D eigenvalue weighted by atomic mass is 10.0. The van der Waals surface area contributed by atoms with Crippen molar-refractivity contribution >= 4 is 51.9 Å². The second kappa shape index (κ2) is 11.4. The lowest BCUT2D eigenvalue weighted by Crippen LogP contribution is -2.38. The average molecular weight is 618 g/mol. The molecule has 0 saturated carbocycles. The summed E-state index contributed by atoms with van der Waals surface area (Å²) >= 11 is 18.7. The van der Waals surface area contributed by atoms with Crippen molar-refractivity contribution in [3.63, 3.8) is 0 Å². The number of fused-ring (bicyclic) bond motifs is 2. The molecule has 4 heterocycles. The van der Waals surface area contributed by atoms with E-state index in [9.17, 15) is 14.7 Å². The number of benzene rings is 2. The number of carbonyl (C=O) groups is 1. The molecule has 0 aliphatic carbocycles. The molecule has 2 aliphatic rings. The minimum absolute atomic E-state index is 0.00316. The number of nitrogens with zero attached hydrogens (tertiary/aromatic N) is 6. The summed E-state index contributed by atoms with van der Waals surface area (Å²) in [6, 6.07) is 11.2. The van der Waals surface area contributed by atoms with E-state index >= 15 is 0 Å². The summed E-state index contributed by atoms with van der Waals surface area (Å²) in [4.78, 5) is 28.6. The van der Waals surface area contributed by atoms with Crippen LogP contribution < -0.4 is 5.69 Å². The minimum atomic E-state index is -0.930. The van der Waals surface area contributed by atoms with Gasteiger partial charge in [-0.2, -0.15) is 5.10 Å². The summed E-state index contributed by atoms with van der Waals surface area (Å²) in [7, 11) is 1.81. The Labute approximate surface area is 252 Å². The first-order chi connectivity index (χ1) is 19.7. The van der Waals surface area contributed by atoms with Crippen LogP contribution in [0.25, 0.3) is 22.3 Å². The summed E-state index contributed by atoms with van der Waals surface area (Å²) in [5.74, 6) is 0. The molecular weight excluding hydrogens is 587 g/mol. The van der Waals surface area contributed by atoms with E-state index in [-0.39, 0.29) is 11.7 Å². The smallest absolute Gasteiger partial charge is 0.407 e. The largest absolute Gasteiger partial charge is 0.465 e. The molecule has 2 aromatic carbocycles. The number of aromatic nitrogens is 4. The molecule has 0 radical (unpaired) electrons. The van der Waals surface area contributed by atoms with Gasteiger partial charge in [0.1, 0.15) is 0 Å². The van der Waals surface area contributed by atoms with Gasteiger partial charge in [-0.05, 0) is 56.1 Å². The molecule has 1 N–H and O–H groups in total. The van der Waals surface area contributed by atoms with Crippen LogP contribution in [0, 0.1) is 0 Å². The number of likely N-dealkylation sites (tertiary alicyclic amines) is 1. The van der Waals surface area contributed by atoms with Gasteiger partial charge in [-0.25, -0.2) is 9.59 Å². The lowest BCUT2D eigenvalue weighted by Gasteiger charge is -2.32. The third-order valence-corrected chi connectivity index (χ3v) is 9.39. The molecule has 1 saturated heterocycles. The molecular formula is C29H31Cl3N6O3. The van der Waals surface area contributed by atoms with Crippen LogP contribution in [-0.2, 0) is 26.6 Å². The molecule has 0 atom stereocenters. The van der Waals surface area contributed by atoms with Crippen LogP contribution in [0.5, 0.6) is 0 Å². The van der Waals surface area contributed by atoms with Crippen molar-refractivity contribution in [1.29, 1.82) is 0 Å². The monoisotopic (exact) mass is 616 g/mol. The van der Waals surface area contributed by atoms with E-state index < -0.39 is 6.09 Å². The van der Waals surface area contributed by atoms with Gasteiger partial charge in [0.15, 0.2) is 0 Å². The summed E-state index contributed by atoms with van der Waals surface area (Å²) in [6.45, 7) is 4.22. The number of imidazole rings is 1. The van der Waals surface area contributed by atoms with Gasteiger partial charge < -0.3 is 14.9 Å². The summed E-state index contributed by atoms with van der Waals surface area (Å²) < 4.78 is 5.66. The quantitative estimate of drug-likeness (QED) is 0.290. The third-order valence-electron chi connectivity index (χ3n) is 8.42. The van der Waals surface area contributed by atoms with Gasteiger partial charge in [-0.3, -0.25) is 13.8 Å². The van der Waals surface area contributed by atoms with Crippen LogP contribution in [0.2, 0.25) is 15.1 Å². The number of amides is 1. The molecule has 0 unspecified atom stereocenters. The maximum Gasteiger partial charge on any atom is 0.407 e. The first kappa shape index (κ1) is 28.2. The highest BCUT2D eigenvalue weighted by atomic mass is 35.5. The summed E-state index contributed by atoms with van der Waals surface area (Å²) in [6.07, 6.45) is 2.39. The molecule has 41 heavy (non-hydrogen) atoms. The van der Waals surface area contributed by atoms with Crippen LogP contribution in [-0.4, -0.2) is 66.1 Å². The van der Waals surface area contributed by atoms with E-state index in [1.54, 1.807) is 16.7 Å². The number of piperidine rings is 1. The summed E-state index contributed by atoms with van der Waals surface area (Å²) in [5.41, 5.74) is 5.39. The molecule has 216 valence electrons. The van der Waals surface area contributed by atoms with Crippen LogP contribution in [0.3, 0.4) is 0 Å². The van der Waals surface area contributed by atoms with Crippen molar-refractivity contribution in [2.75, 3.05) is 26.2 Å². The number of rotatable bonds is 6. The normalized spacial score (nSPS) is 16.4. The van der Waals surface area contributed by atoms with Gasteiger partial charge in [-0.1, -0.05) is 40.9 Å². The van der Waals surface area contributed by atoms with Gasteiger partial charge in [-0.15, -0.1) is 0 Å². The molecule has 6 rings (SSSR count). The van der Waals surface area contributed by atoms with Crippen molar-refractivity contribution in [2.45, 2.75) is 44.8 Å². The van der Waals surface area contributed by atoms with Crippen molar-refractivity contribution in [2.24, 2.45) is 7.05 Å². The van der Waals surface area contributed by atoms with Crippen molar-refractivity contribution in [3.8, 4) is 11.3 Å². The lowest BCUT2D eigenvalue weighted by molar-refractivity contribution is 0.139. The van der Waals surface area contributed by atoms with Crippen molar-refractivity contribution in [1.82, 2.24) is 28.7 Å². The minimum Gasteiger partial charge on any atom is -0.465 e. The highest BCUT2D eigenvalue weighted by molar-refractivity contribution is 6.42. The molecule has 1 amide bonds. The fourth-order valence-electron chi connectivity index (χ4n) is 6.25. The van der Waals surface area contributed by atoms with E-state index in [0.29, 0.717) is 34.6 Å². The molecule has 12 heteroatoms. The van der Waals surface area contributed by atoms with Gasteiger partial charge >= 0.3 is 11.8 Å². The van der Waals surface area contributed by atoms with Crippen LogP contribution in [0.1, 0.15) is 36.6 Å². The number of aryl methyl sites for hydroxylation is 2. The van der Waals surface area contributed by atoms with Gasteiger partial charge in [0.2, 0.25) is 0 Å². The Hall–Kier alpha value is -2.98. The number of carboxylic acid groups (broad SMARTS) is 1. The molecule has 1 fully saturated rings. The van der Waals surface area contributed by atoms with Gasteiger partial charge in [0.05, 0.1) is 33.3 Å². The van der Waals surface area contributed by atoms with Crippen molar-refractivity contribution < 1.29 is 9.90 Å². The predicted molar refractivity (Wildman–Crippen MR) is 161 cm³/mol. The predicted octanol–water partition coefficient (Wildman–Crippen LogP) is 5.93. The third kappa shape index (κ3) is 5.36. The van der Waals surface area contributed by atoms with Gasteiger partial charge in [0, 0.05) is 67.5 Å². The van der Waals surface area contributed by atoms with Crippen LogP contribution in [0.4, 0.5) is 4.79 Å². The fraction of sp³-hybridized carbons (Fsp3) is 0.414. The van der Waals surface area contributed by atoms with E-state index in [4.69, 9.17) is 39.9 Å². The molecule has 2 aromatic heterocycles. The zero-order valence-electron chi connectivity index (χ0n) is 22.7. The van der Waals surface area contributed by atoms with Crippen LogP contribution >= 0.6 is 34.8 Å².